The minimum absolute atomic E-state index is 0.679. The molecular formula is C17H23N3O. The summed E-state index contributed by atoms with van der Waals surface area (Å²) in [5.41, 5.74) is 2.17. The van der Waals surface area contributed by atoms with Gasteiger partial charge in [-0.1, -0.05) is 32.0 Å². The third kappa shape index (κ3) is 4.18. The number of ether oxygens (including phenoxy) is 1. The molecule has 1 aromatic heterocycles. The zero-order chi connectivity index (χ0) is 15.1. The van der Waals surface area contributed by atoms with Crippen LogP contribution in [0.2, 0.25) is 0 Å². The number of para-hydroxylation sites is 1. The summed E-state index contributed by atoms with van der Waals surface area (Å²) in [7, 11) is 1.69. The van der Waals surface area contributed by atoms with E-state index in [0.29, 0.717) is 6.42 Å². The van der Waals surface area contributed by atoms with E-state index in [0.717, 1.165) is 48.0 Å². The fraction of sp³-hybridized carbons (Fsp3) is 0.412. The molecule has 112 valence electrons. The molecule has 1 heterocycles. The first-order valence-corrected chi connectivity index (χ1v) is 7.49. The molecule has 0 spiro atoms. The number of nitrogens with one attached hydrogen (secondary N) is 1. The Kier molecular flexibility index (Phi) is 5.55. The van der Waals surface area contributed by atoms with Crippen LogP contribution < -0.4 is 10.1 Å². The predicted molar refractivity (Wildman–Crippen MR) is 86.0 cm³/mol. The molecule has 1 N–H and O–H groups in total. The standard InChI is InChI=1S/C17H23N3O/c1-4-10-18-16-12-14(5-2)19-17(20-16)11-13-8-6-7-9-15(13)21-3/h6-9,12H,4-5,10-11H2,1-3H3,(H,18,19,20). The topological polar surface area (TPSA) is 47.0 Å². The Labute approximate surface area is 126 Å². The summed E-state index contributed by atoms with van der Waals surface area (Å²) in [5, 5.41) is 3.34. The monoisotopic (exact) mass is 285 g/mol. The number of aromatic nitrogens is 2. The third-order valence-corrected chi connectivity index (χ3v) is 3.28. The second-order valence-electron chi connectivity index (χ2n) is 4.93. The summed E-state index contributed by atoms with van der Waals surface area (Å²) >= 11 is 0. The summed E-state index contributed by atoms with van der Waals surface area (Å²) in [6.45, 7) is 5.18. The van der Waals surface area contributed by atoms with Crippen molar-refractivity contribution in [3.63, 3.8) is 0 Å². The largest absolute Gasteiger partial charge is 0.496 e. The first-order chi connectivity index (χ1) is 10.3. The number of rotatable bonds is 7. The van der Waals surface area contributed by atoms with Crippen molar-refractivity contribution in [2.24, 2.45) is 0 Å². The quantitative estimate of drug-likeness (QED) is 0.846. The number of benzene rings is 1. The summed E-state index contributed by atoms with van der Waals surface area (Å²) in [6, 6.07) is 10.0. The van der Waals surface area contributed by atoms with Crippen LogP contribution in [0, 0.1) is 0 Å². The number of nitrogens with zero attached hydrogens (tertiary/aromatic N) is 2. The SMILES string of the molecule is CCCNc1cc(CC)nc(Cc2ccccc2OC)n1. The number of hydrogen-bond acceptors (Lipinski definition) is 4. The van der Waals surface area contributed by atoms with Crippen LogP contribution in [0.5, 0.6) is 5.75 Å². The molecule has 4 heteroatoms. The lowest BCUT2D eigenvalue weighted by atomic mass is 10.1. The molecule has 0 aliphatic carbocycles. The molecule has 0 saturated heterocycles. The number of hydrogen-bond donors (Lipinski definition) is 1. The van der Waals surface area contributed by atoms with Crippen molar-refractivity contribution in [3.05, 3.63) is 47.4 Å². The van der Waals surface area contributed by atoms with Gasteiger partial charge in [-0.25, -0.2) is 9.97 Å². The third-order valence-electron chi connectivity index (χ3n) is 3.28. The second-order valence-corrected chi connectivity index (χ2v) is 4.93. The average Bonchev–Trinajstić information content (AvgIpc) is 2.53. The molecule has 0 unspecified atom stereocenters. The number of aryl methyl sites for hydroxylation is 1. The van der Waals surface area contributed by atoms with Gasteiger partial charge in [0, 0.05) is 30.3 Å². The lowest BCUT2D eigenvalue weighted by molar-refractivity contribution is 0.410. The van der Waals surface area contributed by atoms with Crippen molar-refractivity contribution in [2.45, 2.75) is 33.1 Å². The van der Waals surface area contributed by atoms with Crippen LogP contribution >= 0.6 is 0 Å². The number of anilines is 1. The normalized spacial score (nSPS) is 10.4. The zero-order valence-corrected chi connectivity index (χ0v) is 13.0. The van der Waals surface area contributed by atoms with Crippen LogP contribution in [-0.4, -0.2) is 23.6 Å². The van der Waals surface area contributed by atoms with Gasteiger partial charge in [0.15, 0.2) is 0 Å². The van der Waals surface area contributed by atoms with E-state index in [2.05, 4.69) is 35.2 Å². The van der Waals surface area contributed by atoms with Gasteiger partial charge in [-0.2, -0.15) is 0 Å². The van der Waals surface area contributed by atoms with Gasteiger partial charge in [-0.3, -0.25) is 0 Å². The van der Waals surface area contributed by atoms with Crippen LogP contribution in [0.15, 0.2) is 30.3 Å². The van der Waals surface area contributed by atoms with Crippen molar-refractivity contribution >= 4 is 5.82 Å². The predicted octanol–water partition coefficient (Wildman–Crippen LogP) is 3.46. The number of methoxy groups -OCH3 is 1. The summed E-state index contributed by atoms with van der Waals surface area (Å²) < 4.78 is 5.40. The molecule has 0 bridgehead atoms. The van der Waals surface area contributed by atoms with Gasteiger partial charge >= 0.3 is 0 Å². The highest BCUT2D eigenvalue weighted by molar-refractivity contribution is 5.39. The van der Waals surface area contributed by atoms with E-state index in [1.165, 1.54) is 0 Å². The van der Waals surface area contributed by atoms with E-state index in [1.54, 1.807) is 7.11 Å². The minimum atomic E-state index is 0.679. The lowest BCUT2D eigenvalue weighted by Gasteiger charge is -2.10. The molecule has 0 amide bonds. The van der Waals surface area contributed by atoms with Crippen LogP contribution in [0.1, 0.15) is 37.4 Å². The molecule has 2 rings (SSSR count). The first-order valence-electron chi connectivity index (χ1n) is 7.49. The van der Waals surface area contributed by atoms with Gasteiger partial charge in [-0.15, -0.1) is 0 Å². The maximum Gasteiger partial charge on any atom is 0.135 e. The van der Waals surface area contributed by atoms with E-state index in [4.69, 9.17) is 4.74 Å². The van der Waals surface area contributed by atoms with Crippen LogP contribution in [0.3, 0.4) is 0 Å². The molecule has 4 nitrogen and oxygen atoms in total. The Morgan fingerprint density at radius 3 is 2.67 bits per heavy atom. The van der Waals surface area contributed by atoms with E-state index in [-0.39, 0.29) is 0 Å². The maximum absolute atomic E-state index is 5.40. The van der Waals surface area contributed by atoms with E-state index in [1.807, 2.05) is 24.3 Å². The molecule has 1 aromatic carbocycles. The van der Waals surface area contributed by atoms with Crippen molar-refractivity contribution in [1.29, 1.82) is 0 Å². The summed E-state index contributed by atoms with van der Waals surface area (Å²) in [4.78, 5) is 9.24. The Morgan fingerprint density at radius 1 is 1.14 bits per heavy atom. The van der Waals surface area contributed by atoms with Gasteiger partial charge < -0.3 is 10.1 Å². The van der Waals surface area contributed by atoms with Crippen molar-refractivity contribution in [3.8, 4) is 5.75 Å². The van der Waals surface area contributed by atoms with E-state index >= 15 is 0 Å². The molecule has 0 atom stereocenters. The fourth-order valence-electron chi connectivity index (χ4n) is 2.18. The molecule has 0 aliphatic rings. The highest BCUT2D eigenvalue weighted by Gasteiger charge is 2.08. The Hall–Kier alpha value is -2.10. The Bertz CT molecular complexity index is 584. The van der Waals surface area contributed by atoms with E-state index in [9.17, 15) is 0 Å². The smallest absolute Gasteiger partial charge is 0.135 e. The van der Waals surface area contributed by atoms with E-state index < -0.39 is 0 Å². The Morgan fingerprint density at radius 2 is 1.95 bits per heavy atom. The molecule has 2 aromatic rings. The molecule has 0 aliphatic heterocycles. The van der Waals surface area contributed by atoms with Gasteiger partial charge in [0.25, 0.3) is 0 Å². The fourth-order valence-corrected chi connectivity index (χ4v) is 2.18. The van der Waals surface area contributed by atoms with Crippen LogP contribution in [0.4, 0.5) is 5.82 Å². The van der Waals surface area contributed by atoms with Crippen molar-refractivity contribution in [2.75, 3.05) is 19.0 Å². The lowest BCUT2D eigenvalue weighted by Crippen LogP contribution is -2.08. The Balaban J connectivity index is 2.25. The summed E-state index contributed by atoms with van der Waals surface area (Å²) in [5.74, 6) is 2.62. The van der Waals surface area contributed by atoms with Gasteiger partial charge in [0.1, 0.15) is 17.4 Å². The highest BCUT2D eigenvalue weighted by Crippen LogP contribution is 2.20. The first kappa shape index (κ1) is 15.3. The minimum Gasteiger partial charge on any atom is -0.496 e. The highest BCUT2D eigenvalue weighted by atomic mass is 16.5. The second kappa shape index (κ2) is 7.62. The van der Waals surface area contributed by atoms with Gasteiger partial charge in [-0.05, 0) is 18.9 Å². The van der Waals surface area contributed by atoms with Gasteiger partial charge in [0.05, 0.1) is 7.11 Å². The van der Waals surface area contributed by atoms with Crippen molar-refractivity contribution < 1.29 is 4.74 Å². The van der Waals surface area contributed by atoms with Crippen molar-refractivity contribution in [1.82, 2.24) is 9.97 Å². The maximum atomic E-state index is 5.40. The zero-order valence-electron chi connectivity index (χ0n) is 13.0. The summed E-state index contributed by atoms with van der Waals surface area (Å²) in [6.07, 6.45) is 2.66. The van der Waals surface area contributed by atoms with Crippen LogP contribution in [0.25, 0.3) is 0 Å². The van der Waals surface area contributed by atoms with Gasteiger partial charge in [0.2, 0.25) is 0 Å². The van der Waals surface area contributed by atoms with Crippen LogP contribution in [-0.2, 0) is 12.8 Å². The average molecular weight is 285 g/mol. The molecule has 0 saturated carbocycles. The molecule has 0 radical (unpaired) electrons. The molecule has 21 heavy (non-hydrogen) atoms. The molecule has 0 fully saturated rings. The molecular weight excluding hydrogens is 262 g/mol.